The van der Waals surface area contributed by atoms with Gasteiger partial charge in [-0.25, -0.2) is 0 Å². The van der Waals surface area contributed by atoms with Gasteiger partial charge in [-0.15, -0.1) is 0 Å². The zero-order valence-corrected chi connectivity index (χ0v) is 16.8. The van der Waals surface area contributed by atoms with Crippen LogP contribution in [0.1, 0.15) is 45.1 Å². The predicted octanol–water partition coefficient (Wildman–Crippen LogP) is 4.88. The minimum absolute atomic E-state index is 0.00604. The fourth-order valence-electron chi connectivity index (χ4n) is 3.18. The lowest BCUT2D eigenvalue weighted by molar-refractivity contribution is -0.117. The average Bonchev–Trinajstić information content (AvgIpc) is 2.69. The molecule has 0 aliphatic carbocycles. The predicted molar refractivity (Wildman–Crippen MR) is 108 cm³/mol. The van der Waals surface area contributed by atoms with Gasteiger partial charge in [-0.2, -0.15) is 0 Å². The molecule has 4 heteroatoms. The lowest BCUT2D eigenvalue weighted by atomic mass is 9.91. The second-order valence-electron chi connectivity index (χ2n) is 7.27. The zero-order valence-electron chi connectivity index (χ0n) is 16.8. The van der Waals surface area contributed by atoms with Crippen molar-refractivity contribution in [3.63, 3.8) is 0 Å². The summed E-state index contributed by atoms with van der Waals surface area (Å²) in [7, 11) is 1.66. The maximum Gasteiger partial charge on any atom is 0.125 e. The van der Waals surface area contributed by atoms with E-state index in [1.54, 1.807) is 7.11 Å². The highest BCUT2D eigenvalue weighted by molar-refractivity contribution is 5.54. The van der Waals surface area contributed by atoms with Gasteiger partial charge >= 0.3 is 0 Å². The van der Waals surface area contributed by atoms with Crippen LogP contribution in [0.15, 0.2) is 47.6 Å². The van der Waals surface area contributed by atoms with Crippen LogP contribution in [0.3, 0.4) is 0 Å². The van der Waals surface area contributed by atoms with Crippen molar-refractivity contribution < 1.29 is 19.0 Å². The Morgan fingerprint density at radius 3 is 2.67 bits per heavy atom. The van der Waals surface area contributed by atoms with Crippen LogP contribution in [-0.2, 0) is 20.9 Å². The Hall–Kier alpha value is -1.91. The van der Waals surface area contributed by atoms with Crippen LogP contribution >= 0.6 is 0 Å². The van der Waals surface area contributed by atoms with Crippen LogP contribution in [0.25, 0.3) is 0 Å². The molecular weight excluding hydrogens is 340 g/mol. The Morgan fingerprint density at radius 1 is 1.30 bits per heavy atom. The van der Waals surface area contributed by atoms with Crippen LogP contribution in [0.4, 0.5) is 0 Å². The third-order valence-corrected chi connectivity index (χ3v) is 4.86. The summed E-state index contributed by atoms with van der Waals surface area (Å²) in [5.41, 5.74) is 3.68. The van der Waals surface area contributed by atoms with Crippen LogP contribution in [0.2, 0.25) is 0 Å². The van der Waals surface area contributed by atoms with Gasteiger partial charge in [0, 0.05) is 5.92 Å². The molecule has 0 saturated carbocycles. The number of carbonyl (C=O) groups is 1. The molecule has 1 aromatic rings. The molecule has 0 N–H and O–H groups in total. The van der Waals surface area contributed by atoms with E-state index in [4.69, 9.17) is 14.2 Å². The molecule has 1 aliphatic rings. The highest BCUT2D eigenvalue weighted by atomic mass is 16.5. The molecular formula is C23H32O4. The smallest absolute Gasteiger partial charge is 0.125 e. The van der Waals surface area contributed by atoms with Crippen molar-refractivity contribution in [2.24, 2.45) is 5.92 Å². The Bertz CT molecular complexity index is 616. The molecule has 1 fully saturated rings. The summed E-state index contributed by atoms with van der Waals surface area (Å²) in [4.78, 5) is 11.4. The van der Waals surface area contributed by atoms with Gasteiger partial charge in [-0.3, -0.25) is 0 Å². The number of rotatable bonds is 10. The topological polar surface area (TPSA) is 44.8 Å². The minimum atomic E-state index is -0.00604. The number of aldehydes is 1. The molecule has 0 radical (unpaired) electrons. The third kappa shape index (κ3) is 7.69. The van der Waals surface area contributed by atoms with Crippen molar-refractivity contribution in [2.75, 3.05) is 20.3 Å². The van der Waals surface area contributed by atoms with Crippen LogP contribution in [0.5, 0.6) is 5.75 Å². The van der Waals surface area contributed by atoms with Crippen LogP contribution in [-0.4, -0.2) is 32.7 Å². The van der Waals surface area contributed by atoms with Crippen LogP contribution in [0, 0.1) is 5.92 Å². The van der Waals surface area contributed by atoms with Gasteiger partial charge in [0.1, 0.15) is 12.0 Å². The van der Waals surface area contributed by atoms with Crippen molar-refractivity contribution in [1.82, 2.24) is 0 Å². The SMILES string of the molecule is COc1ccc(COC/C=C2/CC[C@H]([C@H](C=O)CCC=C(C)C)OC2)cc1. The summed E-state index contributed by atoms with van der Waals surface area (Å²) in [6, 6.07) is 7.89. The Balaban J connectivity index is 1.69. The first-order valence-electron chi connectivity index (χ1n) is 9.71. The molecule has 2 rings (SSSR count). The molecule has 1 aromatic carbocycles. The summed E-state index contributed by atoms with van der Waals surface area (Å²) < 4.78 is 16.8. The molecule has 1 saturated heterocycles. The monoisotopic (exact) mass is 372 g/mol. The number of hydrogen-bond donors (Lipinski definition) is 0. The Kier molecular flexibility index (Phi) is 9.29. The average molecular weight is 373 g/mol. The van der Waals surface area contributed by atoms with Gasteiger partial charge in [-0.05, 0) is 62.8 Å². The van der Waals surface area contributed by atoms with E-state index < -0.39 is 0 Å². The van der Waals surface area contributed by atoms with E-state index in [2.05, 4.69) is 26.0 Å². The van der Waals surface area contributed by atoms with E-state index in [1.807, 2.05) is 24.3 Å². The van der Waals surface area contributed by atoms with Crippen molar-refractivity contribution in [2.45, 2.75) is 52.2 Å². The van der Waals surface area contributed by atoms with E-state index >= 15 is 0 Å². The minimum Gasteiger partial charge on any atom is -0.497 e. The normalized spacial score (nSPS) is 19.5. The highest BCUT2D eigenvalue weighted by Crippen LogP contribution is 2.25. The van der Waals surface area contributed by atoms with E-state index in [-0.39, 0.29) is 12.0 Å². The lowest BCUT2D eigenvalue weighted by Gasteiger charge is -2.28. The molecule has 1 heterocycles. The molecule has 2 atom stereocenters. The number of hydrogen-bond acceptors (Lipinski definition) is 4. The molecule has 27 heavy (non-hydrogen) atoms. The second-order valence-corrected chi connectivity index (χ2v) is 7.27. The number of ether oxygens (including phenoxy) is 3. The van der Waals surface area contributed by atoms with Gasteiger partial charge in [0.05, 0.1) is 33.0 Å². The molecule has 0 aromatic heterocycles. The summed E-state index contributed by atoms with van der Waals surface area (Å²) in [6.07, 6.45) is 9.09. The summed E-state index contributed by atoms with van der Waals surface area (Å²) in [5.74, 6) is 0.845. The van der Waals surface area contributed by atoms with Gasteiger partial charge in [0.15, 0.2) is 0 Å². The number of allylic oxidation sites excluding steroid dienone is 2. The first-order chi connectivity index (χ1) is 13.1. The largest absolute Gasteiger partial charge is 0.497 e. The summed E-state index contributed by atoms with van der Waals surface area (Å²) in [6.45, 7) is 5.92. The first-order valence-corrected chi connectivity index (χ1v) is 9.71. The number of methoxy groups -OCH3 is 1. The zero-order chi connectivity index (χ0) is 19.5. The summed E-state index contributed by atoms with van der Waals surface area (Å²) in [5, 5.41) is 0. The van der Waals surface area contributed by atoms with Crippen molar-refractivity contribution in [3.8, 4) is 5.75 Å². The van der Waals surface area contributed by atoms with Gasteiger partial charge < -0.3 is 19.0 Å². The van der Waals surface area contributed by atoms with E-state index in [0.29, 0.717) is 19.8 Å². The highest BCUT2D eigenvalue weighted by Gasteiger charge is 2.25. The second kappa shape index (κ2) is 11.7. The number of carbonyl (C=O) groups excluding carboxylic acids is 1. The van der Waals surface area contributed by atoms with Crippen molar-refractivity contribution in [1.29, 1.82) is 0 Å². The molecule has 0 spiro atoms. The van der Waals surface area contributed by atoms with Crippen molar-refractivity contribution in [3.05, 3.63) is 53.1 Å². The quantitative estimate of drug-likeness (QED) is 0.334. The standard InChI is InChI=1S/C23H32O4/c1-18(2)5-4-6-21(15-24)23-12-9-20(17-27-23)13-14-26-16-19-7-10-22(25-3)11-8-19/h5,7-8,10-11,13,15,21,23H,4,6,9,12,14,16-17H2,1-3H3/b20-13-/t21-,23+/m0/s1. The van der Waals surface area contributed by atoms with E-state index in [0.717, 1.165) is 43.3 Å². The Labute approximate surface area is 163 Å². The number of benzene rings is 1. The molecule has 0 unspecified atom stereocenters. The van der Waals surface area contributed by atoms with E-state index in [9.17, 15) is 4.79 Å². The molecule has 148 valence electrons. The van der Waals surface area contributed by atoms with Gasteiger partial charge in [0.25, 0.3) is 0 Å². The molecule has 0 amide bonds. The van der Waals surface area contributed by atoms with E-state index in [1.165, 1.54) is 11.1 Å². The Morgan fingerprint density at radius 2 is 2.07 bits per heavy atom. The summed E-state index contributed by atoms with van der Waals surface area (Å²) >= 11 is 0. The maximum atomic E-state index is 11.4. The van der Waals surface area contributed by atoms with Crippen molar-refractivity contribution >= 4 is 6.29 Å². The lowest BCUT2D eigenvalue weighted by Crippen LogP contribution is -2.30. The fraction of sp³-hybridized carbons (Fsp3) is 0.522. The molecule has 1 aliphatic heterocycles. The molecule has 4 nitrogen and oxygen atoms in total. The van der Waals surface area contributed by atoms with Crippen LogP contribution < -0.4 is 4.74 Å². The fourth-order valence-corrected chi connectivity index (χ4v) is 3.18. The maximum absolute atomic E-state index is 11.4. The molecule has 0 bridgehead atoms. The van der Waals surface area contributed by atoms with Gasteiger partial charge in [0.2, 0.25) is 0 Å². The van der Waals surface area contributed by atoms with Gasteiger partial charge in [-0.1, -0.05) is 29.9 Å². The first kappa shape index (κ1) is 21.4. The third-order valence-electron chi connectivity index (χ3n) is 4.86.